The Kier molecular flexibility index (Phi) is 2.23. The molecule has 14 heavy (non-hydrogen) atoms. The molecule has 4 nitrogen and oxygen atoms in total. The average molecular weight is 236 g/mol. The van der Waals surface area contributed by atoms with Gasteiger partial charge in [-0.1, -0.05) is 6.08 Å². The van der Waals surface area contributed by atoms with Crippen LogP contribution >= 0.6 is 0 Å². The third-order valence-electron chi connectivity index (χ3n) is 2.76. The summed E-state index contributed by atoms with van der Waals surface area (Å²) in [6, 6.07) is 0. The summed E-state index contributed by atoms with van der Waals surface area (Å²) in [5, 5.41) is -0.741. The summed E-state index contributed by atoms with van der Waals surface area (Å²) < 4.78 is 46.3. The lowest BCUT2D eigenvalue weighted by molar-refractivity contribution is 0.561. The molecule has 1 atom stereocenters. The highest BCUT2D eigenvalue weighted by molar-refractivity contribution is 8.01. The summed E-state index contributed by atoms with van der Waals surface area (Å²) in [5.74, 6) is -0.449. The van der Waals surface area contributed by atoms with Crippen LogP contribution in [0.3, 0.4) is 0 Å². The Labute approximate surface area is 83.8 Å². The Hall–Kier alpha value is -0.360. The van der Waals surface area contributed by atoms with Gasteiger partial charge < -0.3 is 0 Å². The van der Waals surface area contributed by atoms with Crippen LogP contribution in [0.25, 0.3) is 0 Å². The van der Waals surface area contributed by atoms with Crippen molar-refractivity contribution in [3.05, 3.63) is 11.0 Å². The number of rotatable bonds is 0. The Morgan fingerprint density at radius 1 is 1.14 bits per heavy atom. The zero-order valence-corrected chi connectivity index (χ0v) is 9.27. The van der Waals surface area contributed by atoms with Crippen LogP contribution < -0.4 is 0 Å². The average Bonchev–Trinajstić information content (AvgIpc) is 2.14. The van der Waals surface area contributed by atoms with Crippen LogP contribution in [0.2, 0.25) is 0 Å². The first kappa shape index (κ1) is 10.2. The van der Waals surface area contributed by atoms with Crippen LogP contribution in [-0.2, 0) is 19.7 Å². The van der Waals surface area contributed by atoms with Crippen molar-refractivity contribution < 1.29 is 16.8 Å². The van der Waals surface area contributed by atoms with Gasteiger partial charge in [-0.3, -0.25) is 0 Å². The molecule has 2 rings (SSSR count). The second-order valence-corrected chi connectivity index (χ2v) is 8.12. The molecular formula is C8H12O4S2. The molecular weight excluding hydrogens is 224 g/mol. The minimum absolute atomic E-state index is 0.162. The summed E-state index contributed by atoms with van der Waals surface area (Å²) in [4.78, 5) is 0.162. The van der Waals surface area contributed by atoms with E-state index in [0.717, 1.165) is 6.42 Å². The summed E-state index contributed by atoms with van der Waals surface area (Å²) in [5.41, 5.74) is 0. The van der Waals surface area contributed by atoms with Gasteiger partial charge in [0.2, 0.25) is 0 Å². The van der Waals surface area contributed by atoms with E-state index in [1.807, 2.05) is 0 Å². The Morgan fingerprint density at radius 2 is 1.86 bits per heavy atom. The van der Waals surface area contributed by atoms with Gasteiger partial charge in [0.25, 0.3) is 0 Å². The van der Waals surface area contributed by atoms with Crippen molar-refractivity contribution >= 4 is 19.7 Å². The number of allylic oxidation sites excluding steroid dienone is 1. The molecule has 0 radical (unpaired) electrons. The molecule has 0 aromatic rings. The predicted molar refractivity (Wildman–Crippen MR) is 53.3 cm³/mol. The molecule has 1 saturated heterocycles. The summed E-state index contributed by atoms with van der Waals surface area (Å²) in [6.45, 7) is 0. The number of hydrogen-bond acceptors (Lipinski definition) is 4. The van der Waals surface area contributed by atoms with Crippen LogP contribution in [0, 0.1) is 0 Å². The number of fused-ring (bicyclic) bond motifs is 1. The lowest BCUT2D eigenvalue weighted by atomic mass is 10.1. The first-order valence-electron chi connectivity index (χ1n) is 4.58. The fourth-order valence-corrected chi connectivity index (χ4v) is 7.06. The summed E-state index contributed by atoms with van der Waals surface area (Å²) in [6.07, 6.45) is 3.50. The fraction of sp³-hybridized carbons (Fsp3) is 0.750. The van der Waals surface area contributed by atoms with Crippen molar-refractivity contribution in [2.75, 3.05) is 11.5 Å². The molecule has 1 aliphatic heterocycles. The van der Waals surface area contributed by atoms with E-state index >= 15 is 0 Å². The molecule has 6 heteroatoms. The smallest absolute Gasteiger partial charge is 0.176 e. The third-order valence-corrected chi connectivity index (χ3v) is 7.21. The highest BCUT2D eigenvalue weighted by Gasteiger charge is 2.41. The second-order valence-electron chi connectivity index (χ2n) is 3.71. The molecule has 80 valence electrons. The first-order valence-corrected chi connectivity index (χ1v) is 7.95. The van der Waals surface area contributed by atoms with Crippen molar-refractivity contribution in [1.29, 1.82) is 0 Å². The van der Waals surface area contributed by atoms with Crippen molar-refractivity contribution in [3.8, 4) is 0 Å². The largest absolute Gasteiger partial charge is 0.228 e. The maximum atomic E-state index is 11.6. The Bertz CT molecular complexity index is 469. The molecule has 1 aliphatic carbocycles. The van der Waals surface area contributed by atoms with Crippen LogP contribution in [0.15, 0.2) is 11.0 Å². The summed E-state index contributed by atoms with van der Waals surface area (Å²) in [7, 11) is -6.47. The van der Waals surface area contributed by atoms with Gasteiger partial charge in [0, 0.05) is 0 Å². The summed E-state index contributed by atoms with van der Waals surface area (Å²) >= 11 is 0. The van der Waals surface area contributed by atoms with E-state index in [0.29, 0.717) is 12.8 Å². The molecule has 0 bridgehead atoms. The monoisotopic (exact) mass is 236 g/mol. The molecule has 1 unspecified atom stereocenters. The zero-order valence-electron chi connectivity index (χ0n) is 7.64. The van der Waals surface area contributed by atoms with Crippen LogP contribution in [0.1, 0.15) is 19.3 Å². The molecule has 0 aromatic heterocycles. The highest BCUT2D eigenvalue weighted by atomic mass is 32.2. The molecule has 0 spiro atoms. The number of sulfone groups is 2. The first-order chi connectivity index (χ1) is 6.43. The maximum Gasteiger partial charge on any atom is 0.176 e. The minimum Gasteiger partial charge on any atom is -0.228 e. The van der Waals surface area contributed by atoms with E-state index in [9.17, 15) is 16.8 Å². The van der Waals surface area contributed by atoms with Crippen molar-refractivity contribution in [3.63, 3.8) is 0 Å². The van der Waals surface area contributed by atoms with Crippen LogP contribution in [-0.4, -0.2) is 33.6 Å². The van der Waals surface area contributed by atoms with Crippen molar-refractivity contribution in [1.82, 2.24) is 0 Å². The minimum atomic E-state index is -3.27. The van der Waals surface area contributed by atoms with E-state index in [2.05, 4.69) is 0 Å². The van der Waals surface area contributed by atoms with Gasteiger partial charge in [0.1, 0.15) is 0 Å². The van der Waals surface area contributed by atoms with Crippen molar-refractivity contribution in [2.45, 2.75) is 24.5 Å². The topological polar surface area (TPSA) is 68.3 Å². The Morgan fingerprint density at radius 3 is 2.50 bits per heavy atom. The second kappa shape index (κ2) is 3.06. The van der Waals surface area contributed by atoms with E-state index in [-0.39, 0.29) is 16.4 Å². The molecule has 0 saturated carbocycles. The SMILES string of the molecule is O=S1(=O)CCS(=O)(=O)C2CCCC=C21. The van der Waals surface area contributed by atoms with E-state index < -0.39 is 24.9 Å². The zero-order chi connectivity index (χ0) is 10.4. The predicted octanol–water partition coefficient (Wildman–Crippen LogP) is 0.266. The lowest BCUT2D eigenvalue weighted by Gasteiger charge is -2.28. The lowest BCUT2D eigenvalue weighted by Crippen LogP contribution is -2.39. The van der Waals surface area contributed by atoms with E-state index in [1.54, 1.807) is 6.08 Å². The van der Waals surface area contributed by atoms with E-state index in [4.69, 9.17) is 0 Å². The van der Waals surface area contributed by atoms with Gasteiger partial charge in [-0.15, -0.1) is 0 Å². The Balaban J connectivity index is 2.56. The quantitative estimate of drug-likeness (QED) is 0.605. The molecule has 1 fully saturated rings. The fourth-order valence-electron chi connectivity index (χ4n) is 1.99. The van der Waals surface area contributed by atoms with E-state index in [1.165, 1.54) is 0 Å². The maximum absolute atomic E-state index is 11.6. The standard InChI is InChI=1S/C8H12O4S2/c9-13(10)5-6-14(11,12)8-4-2-1-3-7(8)13/h3,8H,1-2,4-6H2. The van der Waals surface area contributed by atoms with Gasteiger partial charge in [-0.2, -0.15) is 0 Å². The molecule has 0 amide bonds. The molecule has 1 heterocycles. The van der Waals surface area contributed by atoms with Crippen LogP contribution in [0.5, 0.6) is 0 Å². The highest BCUT2D eigenvalue weighted by Crippen LogP contribution is 2.33. The number of hydrogen-bond donors (Lipinski definition) is 0. The molecule has 0 N–H and O–H groups in total. The normalized spacial score (nSPS) is 34.3. The van der Waals surface area contributed by atoms with Gasteiger partial charge in [-0.25, -0.2) is 16.8 Å². The van der Waals surface area contributed by atoms with Crippen molar-refractivity contribution in [2.24, 2.45) is 0 Å². The third kappa shape index (κ3) is 1.50. The van der Waals surface area contributed by atoms with Crippen LogP contribution in [0.4, 0.5) is 0 Å². The molecule has 0 aromatic carbocycles. The van der Waals surface area contributed by atoms with Gasteiger partial charge >= 0.3 is 0 Å². The molecule has 2 aliphatic rings. The van der Waals surface area contributed by atoms with Gasteiger partial charge in [0.15, 0.2) is 19.7 Å². The van der Waals surface area contributed by atoms with Gasteiger partial charge in [0.05, 0.1) is 21.7 Å². The van der Waals surface area contributed by atoms with Gasteiger partial charge in [-0.05, 0) is 19.3 Å².